The third-order valence-electron chi connectivity index (χ3n) is 3.73. The molecule has 1 aliphatic heterocycles. The van der Waals surface area contributed by atoms with Crippen molar-refractivity contribution in [2.45, 2.75) is 33.3 Å². The molecule has 1 aliphatic rings. The minimum atomic E-state index is -0.650. The molecule has 22 heavy (non-hydrogen) atoms. The van der Waals surface area contributed by atoms with Gasteiger partial charge in [-0.1, -0.05) is 20.8 Å². The number of carbonyl (C=O) groups excluding carboxylic acids is 2. The van der Waals surface area contributed by atoms with Crippen LogP contribution in [0.2, 0.25) is 0 Å². The fourth-order valence-electron chi connectivity index (χ4n) is 2.07. The van der Waals surface area contributed by atoms with Gasteiger partial charge in [0.15, 0.2) is 0 Å². The van der Waals surface area contributed by atoms with Gasteiger partial charge in [0.25, 0.3) is 0 Å². The fourth-order valence-corrected chi connectivity index (χ4v) is 2.07. The minimum Gasteiger partial charge on any atom is -0.393 e. The zero-order valence-corrected chi connectivity index (χ0v) is 13.9. The molecule has 1 rings (SSSR count). The van der Waals surface area contributed by atoms with Gasteiger partial charge < -0.3 is 20.5 Å². The van der Waals surface area contributed by atoms with Gasteiger partial charge in [0, 0.05) is 32.7 Å². The number of rotatable bonds is 6. The predicted octanol–water partition coefficient (Wildman–Crippen LogP) is -0.652. The Morgan fingerprint density at radius 1 is 1.14 bits per heavy atom. The van der Waals surface area contributed by atoms with E-state index in [0.717, 1.165) is 13.1 Å². The summed E-state index contributed by atoms with van der Waals surface area (Å²) >= 11 is 0. The van der Waals surface area contributed by atoms with Crippen LogP contribution in [0.25, 0.3) is 0 Å². The summed E-state index contributed by atoms with van der Waals surface area (Å²) in [4.78, 5) is 25.4. The molecule has 0 aromatic rings. The van der Waals surface area contributed by atoms with Crippen molar-refractivity contribution in [3.05, 3.63) is 0 Å². The normalized spacial score (nSPS) is 17.8. The molecular formula is C15H29N3O4. The van der Waals surface area contributed by atoms with E-state index < -0.39 is 17.9 Å². The van der Waals surface area contributed by atoms with E-state index in [-0.39, 0.29) is 12.0 Å². The van der Waals surface area contributed by atoms with Crippen LogP contribution in [0, 0.1) is 5.41 Å². The topological polar surface area (TPSA) is 90.9 Å². The third-order valence-corrected chi connectivity index (χ3v) is 3.73. The van der Waals surface area contributed by atoms with Crippen molar-refractivity contribution in [2.24, 2.45) is 5.41 Å². The minimum absolute atomic E-state index is 0.231. The molecule has 1 atom stereocenters. The van der Waals surface area contributed by atoms with E-state index >= 15 is 0 Å². The van der Waals surface area contributed by atoms with Gasteiger partial charge in [0.05, 0.1) is 19.3 Å². The van der Waals surface area contributed by atoms with Gasteiger partial charge in [-0.25, -0.2) is 0 Å². The van der Waals surface area contributed by atoms with E-state index in [9.17, 15) is 14.7 Å². The zero-order valence-electron chi connectivity index (χ0n) is 13.9. The fraction of sp³-hybridized carbons (Fsp3) is 0.867. The number of nitrogens with one attached hydrogen (secondary N) is 2. The van der Waals surface area contributed by atoms with E-state index in [1.54, 1.807) is 0 Å². The Kier molecular flexibility index (Phi) is 7.78. The standard InChI is InChI=1S/C15H29N3O4/c1-15(2,3)12(19)4-5-16-13(20)14(21)17-6-7-18-8-10-22-11-9-18/h12,19H,4-11H2,1-3H3,(H,16,20)(H,17,21). The summed E-state index contributed by atoms with van der Waals surface area (Å²) in [6.07, 6.45) is -0.0896. The van der Waals surface area contributed by atoms with Gasteiger partial charge in [-0.3, -0.25) is 14.5 Å². The first-order valence-electron chi connectivity index (χ1n) is 7.85. The SMILES string of the molecule is CC(C)(C)C(O)CCNC(=O)C(=O)NCCN1CCOCC1. The maximum absolute atomic E-state index is 11.6. The van der Waals surface area contributed by atoms with Crippen molar-refractivity contribution in [1.29, 1.82) is 0 Å². The molecule has 128 valence electrons. The highest BCUT2D eigenvalue weighted by molar-refractivity contribution is 6.35. The summed E-state index contributed by atoms with van der Waals surface area (Å²) in [5, 5.41) is 15.0. The van der Waals surface area contributed by atoms with Gasteiger partial charge in [-0.05, 0) is 11.8 Å². The lowest BCUT2D eigenvalue weighted by atomic mass is 9.87. The highest BCUT2D eigenvalue weighted by atomic mass is 16.5. The summed E-state index contributed by atoms with van der Waals surface area (Å²) in [6.45, 7) is 10.4. The second-order valence-electron chi connectivity index (χ2n) is 6.64. The molecule has 3 N–H and O–H groups in total. The van der Waals surface area contributed by atoms with Gasteiger partial charge in [-0.15, -0.1) is 0 Å². The second kappa shape index (κ2) is 9.07. The molecule has 0 spiro atoms. The van der Waals surface area contributed by atoms with Crippen molar-refractivity contribution < 1.29 is 19.4 Å². The first kappa shape index (κ1) is 18.9. The van der Waals surface area contributed by atoms with Crippen molar-refractivity contribution in [3.63, 3.8) is 0 Å². The maximum atomic E-state index is 11.6. The lowest BCUT2D eigenvalue weighted by Crippen LogP contribution is -2.45. The van der Waals surface area contributed by atoms with E-state index in [4.69, 9.17) is 4.74 Å². The first-order chi connectivity index (χ1) is 10.3. The number of carbonyl (C=O) groups is 2. The summed E-state index contributed by atoms with van der Waals surface area (Å²) in [7, 11) is 0. The third kappa shape index (κ3) is 7.20. The van der Waals surface area contributed by atoms with E-state index in [1.807, 2.05) is 20.8 Å². The van der Waals surface area contributed by atoms with Gasteiger partial charge >= 0.3 is 11.8 Å². The van der Waals surface area contributed by atoms with Gasteiger partial charge in [0.2, 0.25) is 0 Å². The lowest BCUT2D eigenvalue weighted by Gasteiger charge is -2.26. The lowest BCUT2D eigenvalue weighted by molar-refractivity contribution is -0.139. The molecule has 0 saturated carbocycles. The smallest absolute Gasteiger partial charge is 0.309 e. The highest BCUT2D eigenvalue weighted by Gasteiger charge is 2.22. The maximum Gasteiger partial charge on any atom is 0.309 e. The molecule has 1 unspecified atom stereocenters. The Labute approximate surface area is 132 Å². The van der Waals surface area contributed by atoms with Crippen LogP contribution >= 0.6 is 0 Å². The first-order valence-corrected chi connectivity index (χ1v) is 7.85. The predicted molar refractivity (Wildman–Crippen MR) is 83.4 cm³/mol. The monoisotopic (exact) mass is 315 g/mol. The number of morpholine rings is 1. The molecule has 1 fully saturated rings. The largest absolute Gasteiger partial charge is 0.393 e. The van der Waals surface area contributed by atoms with Crippen LogP contribution in [-0.2, 0) is 14.3 Å². The second-order valence-corrected chi connectivity index (χ2v) is 6.64. The Morgan fingerprint density at radius 2 is 1.68 bits per heavy atom. The molecule has 0 radical (unpaired) electrons. The van der Waals surface area contributed by atoms with Crippen LogP contribution in [0.5, 0.6) is 0 Å². The number of hydrogen-bond acceptors (Lipinski definition) is 5. The van der Waals surface area contributed by atoms with Crippen LogP contribution in [0.1, 0.15) is 27.2 Å². The van der Waals surface area contributed by atoms with Gasteiger partial charge in [-0.2, -0.15) is 0 Å². The molecule has 0 aromatic heterocycles. The van der Waals surface area contributed by atoms with Crippen molar-refractivity contribution in [3.8, 4) is 0 Å². The van der Waals surface area contributed by atoms with Crippen LogP contribution < -0.4 is 10.6 Å². The Bertz CT molecular complexity index is 362. The number of amides is 2. The summed E-state index contributed by atoms with van der Waals surface area (Å²) in [6, 6.07) is 0. The van der Waals surface area contributed by atoms with E-state index in [0.29, 0.717) is 32.7 Å². The molecule has 0 aromatic carbocycles. The summed E-state index contributed by atoms with van der Waals surface area (Å²) < 4.78 is 5.24. The van der Waals surface area contributed by atoms with Crippen molar-refractivity contribution in [1.82, 2.24) is 15.5 Å². The number of aliphatic hydroxyl groups is 1. The molecule has 1 heterocycles. The zero-order chi connectivity index (χ0) is 16.6. The Hall–Kier alpha value is -1.18. The molecule has 7 heteroatoms. The van der Waals surface area contributed by atoms with Crippen molar-refractivity contribution >= 4 is 11.8 Å². The van der Waals surface area contributed by atoms with E-state index in [1.165, 1.54) is 0 Å². The van der Waals surface area contributed by atoms with Crippen LogP contribution in [0.3, 0.4) is 0 Å². The number of ether oxygens (including phenoxy) is 1. The van der Waals surface area contributed by atoms with Crippen LogP contribution in [0.15, 0.2) is 0 Å². The molecule has 1 saturated heterocycles. The summed E-state index contributed by atoms with van der Waals surface area (Å²) in [5.41, 5.74) is -0.231. The average molecular weight is 315 g/mol. The Balaban J connectivity index is 2.12. The molecule has 0 bridgehead atoms. The number of hydrogen-bond donors (Lipinski definition) is 3. The van der Waals surface area contributed by atoms with E-state index in [2.05, 4.69) is 15.5 Å². The Morgan fingerprint density at radius 3 is 2.23 bits per heavy atom. The molecule has 0 aliphatic carbocycles. The number of nitrogens with zero attached hydrogens (tertiary/aromatic N) is 1. The number of aliphatic hydroxyl groups excluding tert-OH is 1. The van der Waals surface area contributed by atoms with Crippen molar-refractivity contribution in [2.75, 3.05) is 45.9 Å². The van der Waals surface area contributed by atoms with Crippen LogP contribution in [-0.4, -0.2) is 73.9 Å². The quantitative estimate of drug-likeness (QED) is 0.567. The van der Waals surface area contributed by atoms with Gasteiger partial charge in [0.1, 0.15) is 0 Å². The van der Waals surface area contributed by atoms with Crippen LogP contribution in [0.4, 0.5) is 0 Å². The summed E-state index contributed by atoms with van der Waals surface area (Å²) in [5.74, 6) is -1.28. The molecular weight excluding hydrogens is 286 g/mol. The average Bonchev–Trinajstić information content (AvgIpc) is 2.47. The molecule has 7 nitrogen and oxygen atoms in total. The highest BCUT2D eigenvalue weighted by Crippen LogP contribution is 2.20. The molecule has 2 amide bonds.